The number of amides is 2. The topological polar surface area (TPSA) is 254 Å². The second-order valence-electron chi connectivity index (χ2n) is 11.1. The fraction of sp³-hybridized carbons (Fsp3) is 0.242. The molecule has 1 aliphatic heterocycles. The van der Waals surface area contributed by atoms with E-state index >= 15 is 0 Å². The number of thiocarbonyl (C=S) groups is 1. The number of hydrogen-bond donors (Lipinski definition) is 6. The Morgan fingerprint density at radius 2 is 1.57 bits per heavy atom. The van der Waals surface area contributed by atoms with Gasteiger partial charge >= 0.3 is 5.97 Å². The number of nitrogens with one attached hydrogen (secondary N) is 4. The predicted octanol–water partition coefficient (Wildman–Crippen LogP) is 2.62. The summed E-state index contributed by atoms with van der Waals surface area (Å²) in [5, 5.41) is 33.9. The minimum Gasteiger partial charge on any atom is -0.478 e. The number of nitrogens with zero attached hydrogens (tertiary/aromatic N) is 2. The highest BCUT2D eigenvalue weighted by molar-refractivity contribution is 7.91. The van der Waals surface area contributed by atoms with Crippen LogP contribution >= 0.6 is 23.6 Å². The van der Waals surface area contributed by atoms with Crippen molar-refractivity contribution in [2.75, 3.05) is 50.2 Å². The quantitative estimate of drug-likeness (QED) is 0.0343. The number of carbonyl (C=O) groups is 3. The number of anilines is 2. The summed E-state index contributed by atoms with van der Waals surface area (Å²) in [6, 6.07) is 16.5. The number of primary sulfonamides is 1. The lowest BCUT2D eigenvalue weighted by Gasteiger charge is -2.17. The molecule has 0 unspecified atom stereocenters. The fourth-order valence-corrected chi connectivity index (χ4v) is 6.57. The highest BCUT2D eigenvalue weighted by atomic mass is 32.2. The van der Waals surface area contributed by atoms with Crippen LogP contribution in [0.2, 0.25) is 0 Å². The van der Waals surface area contributed by atoms with Gasteiger partial charge in [0.1, 0.15) is 11.3 Å². The van der Waals surface area contributed by atoms with Gasteiger partial charge < -0.3 is 40.3 Å². The van der Waals surface area contributed by atoms with Gasteiger partial charge in [0.2, 0.25) is 21.3 Å². The van der Waals surface area contributed by atoms with Crippen LogP contribution < -0.4 is 31.8 Å². The Labute approximate surface area is 311 Å². The highest BCUT2D eigenvalue weighted by Crippen LogP contribution is 2.41. The van der Waals surface area contributed by atoms with Gasteiger partial charge in [-0.3, -0.25) is 14.4 Å². The van der Waals surface area contributed by atoms with Gasteiger partial charge in [0.05, 0.1) is 32.0 Å². The molecule has 53 heavy (non-hydrogen) atoms. The normalized spacial score (nSPS) is 11.3. The van der Waals surface area contributed by atoms with Crippen LogP contribution in [0.5, 0.6) is 0 Å². The van der Waals surface area contributed by atoms with Crippen molar-refractivity contribution < 1.29 is 41.8 Å². The van der Waals surface area contributed by atoms with E-state index in [1.165, 1.54) is 18.2 Å². The SMILES string of the molecule is NS(=O)(=O)c1nnc(NC(=O)CCC(=O)NCCOCCOCCNC(=S)Nc2ccc(-c3c4ccc(=O)cc-4oc4ccccc34)c(C(=O)O)c2)s1. The van der Waals surface area contributed by atoms with E-state index in [4.69, 9.17) is 31.2 Å². The summed E-state index contributed by atoms with van der Waals surface area (Å²) >= 11 is 5.98. The monoisotopic (exact) mass is 783 g/mol. The summed E-state index contributed by atoms with van der Waals surface area (Å²) in [7, 11) is -4.02. The first-order valence-electron chi connectivity index (χ1n) is 15.9. The summed E-state index contributed by atoms with van der Waals surface area (Å²) in [6.45, 7) is 1.65. The first-order valence-corrected chi connectivity index (χ1v) is 18.6. The zero-order valence-electron chi connectivity index (χ0n) is 27.7. The molecule has 7 N–H and O–H groups in total. The Balaban J connectivity index is 0.986. The molecule has 0 fully saturated rings. The minimum absolute atomic E-state index is 0.0298. The van der Waals surface area contributed by atoms with Gasteiger partial charge in [-0.2, -0.15) is 0 Å². The van der Waals surface area contributed by atoms with Crippen LogP contribution in [0.25, 0.3) is 33.4 Å². The van der Waals surface area contributed by atoms with Gasteiger partial charge in [-0.25, -0.2) is 18.4 Å². The van der Waals surface area contributed by atoms with E-state index in [0.717, 1.165) is 0 Å². The number of sulfonamides is 1. The molecular formula is C33H33N7O10S3. The molecule has 278 valence electrons. The molecule has 17 nitrogen and oxygen atoms in total. The Morgan fingerprint density at radius 1 is 0.868 bits per heavy atom. The smallest absolute Gasteiger partial charge is 0.336 e. The Bertz CT molecular complexity index is 2280. The van der Waals surface area contributed by atoms with Crippen LogP contribution in [-0.4, -0.2) is 86.1 Å². The van der Waals surface area contributed by atoms with Crippen LogP contribution in [0.3, 0.4) is 0 Å². The molecular weight excluding hydrogens is 751 g/mol. The number of ether oxygens (including phenoxy) is 2. The van der Waals surface area contributed by atoms with Gasteiger partial charge in [0.15, 0.2) is 10.5 Å². The average Bonchev–Trinajstić information content (AvgIpc) is 3.60. The number of fused-ring (bicyclic) bond motifs is 2. The maximum absolute atomic E-state index is 12.4. The van der Waals surface area contributed by atoms with Crippen LogP contribution in [0, 0.1) is 0 Å². The van der Waals surface area contributed by atoms with Gasteiger partial charge in [-0.15, -0.1) is 10.2 Å². The standard InChI is InChI=1S/C33H33N7O10S3/c34-53(46,47)33-40-39-32(52-33)38-28(43)10-9-27(42)35-11-13-48-15-16-49-14-12-36-31(51)37-19-5-7-21(24(17-19)30(44)45)29-22-3-1-2-4-25(22)50-26-18-20(41)6-8-23(26)29/h1-8,17-18H,9-16H2,(H,35,42)(H,44,45)(H2,34,46,47)(H2,36,37,51)(H,38,39,43). The van der Waals surface area contributed by atoms with Crippen molar-refractivity contribution >= 4 is 78.3 Å². The molecule has 20 heteroatoms. The first-order chi connectivity index (χ1) is 25.4. The highest BCUT2D eigenvalue weighted by Gasteiger charge is 2.22. The van der Waals surface area contributed by atoms with E-state index in [2.05, 4.69) is 31.5 Å². The number of aromatic carboxylic acids is 1. The fourth-order valence-electron chi connectivity index (χ4n) is 5.00. The maximum Gasteiger partial charge on any atom is 0.336 e. The van der Waals surface area contributed by atoms with E-state index in [-0.39, 0.29) is 66.4 Å². The Hall–Kier alpha value is -5.38. The third kappa shape index (κ3) is 10.8. The van der Waals surface area contributed by atoms with Crippen molar-refractivity contribution in [1.29, 1.82) is 0 Å². The summed E-state index contributed by atoms with van der Waals surface area (Å²) in [6.07, 6.45) is -0.254. The van der Waals surface area contributed by atoms with Crippen molar-refractivity contribution in [3.63, 3.8) is 0 Å². The summed E-state index contributed by atoms with van der Waals surface area (Å²) < 4.78 is 38.9. The van der Waals surface area contributed by atoms with E-state index in [1.807, 2.05) is 12.1 Å². The average molecular weight is 784 g/mol. The van der Waals surface area contributed by atoms with Crippen LogP contribution in [0.15, 0.2) is 74.2 Å². The lowest BCUT2D eigenvalue weighted by molar-refractivity contribution is -0.124. The number of aromatic nitrogens is 2. The lowest BCUT2D eigenvalue weighted by atomic mass is 9.90. The molecule has 3 aromatic rings. The van der Waals surface area contributed by atoms with Crippen LogP contribution in [0.1, 0.15) is 23.2 Å². The first kappa shape index (κ1) is 38.8. The van der Waals surface area contributed by atoms with Crippen molar-refractivity contribution in [3.8, 4) is 22.5 Å². The van der Waals surface area contributed by atoms with Gasteiger partial charge in [-0.1, -0.05) is 35.6 Å². The number of nitrogens with two attached hydrogens (primary N) is 1. The molecule has 1 aliphatic carbocycles. The number of carboxylic acid groups (broad SMARTS) is 1. The lowest BCUT2D eigenvalue weighted by Crippen LogP contribution is -2.31. The van der Waals surface area contributed by atoms with Crippen LogP contribution in [-0.2, 0) is 29.1 Å². The van der Waals surface area contributed by atoms with Gasteiger partial charge in [-0.05, 0) is 48.1 Å². The minimum atomic E-state index is -4.02. The zero-order valence-corrected chi connectivity index (χ0v) is 30.2. The molecule has 0 saturated heterocycles. The van der Waals surface area contributed by atoms with Crippen molar-refractivity contribution in [2.45, 2.75) is 17.2 Å². The van der Waals surface area contributed by atoms with E-state index in [9.17, 15) is 32.7 Å². The third-order valence-electron chi connectivity index (χ3n) is 7.32. The van der Waals surface area contributed by atoms with Crippen molar-refractivity contribution in [2.24, 2.45) is 5.14 Å². The van der Waals surface area contributed by atoms with Gasteiger partial charge in [0.25, 0.3) is 10.0 Å². The molecule has 0 spiro atoms. The van der Waals surface area contributed by atoms with Crippen LogP contribution in [0.4, 0.5) is 10.8 Å². The van der Waals surface area contributed by atoms with E-state index in [1.54, 1.807) is 30.3 Å². The molecule has 0 atom stereocenters. The van der Waals surface area contributed by atoms with E-state index < -0.39 is 26.2 Å². The summed E-state index contributed by atoms with van der Waals surface area (Å²) in [5.41, 5.74) is 2.46. The number of carbonyl (C=O) groups excluding carboxylic acids is 2. The molecule has 2 aromatic carbocycles. The number of hydrogen-bond acceptors (Lipinski definition) is 13. The maximum atomic E-state index is 12.4. The molecule has 1 aromatic heterocycles. The van der Waals surface area contributed by atoms with Crippen molar-refractivity contribution in [3.05, 3.63) is 76.5 Å². The molecule has 2 heterocycles. The molecule has 0 saturated carbocycles. The Morgan fingerprint density at radius 3 is 2.28 bits per heavy atom. The number of para-hydroxylation sites is 1. The summed E-state index contributed by atoms with van der Waals surface area (Å²) in [4.78, 5) is 48.4. The molecule has 0 bridgehead atoms. The number of benzene rings is 3. The molecule has 5 rings (SSSR count). The van der Waals surface area contributed by atoms with E-state index in [0.29, 0.717) is 63.6 Å². The third-order valence-corrected chi connectivity index (χ3v) is 9.72. The number of rotatable bonds is 17. The largest absolute Gasteiger partial charge is 0.478 e. The predicted molar refractivity (Wildman–Crippen MR) is 200 cm³/mol. The molecule has 2 aliphatic rings. The second-order valence-corrected chi connectivity index (χ2v) is 14.2. The Kier molecular flexibility index (Phi) is 13.1. The molecule has 0 radical (unpaired) electrons. The van der Waals surface area contributed by atoms with Crippen molar-refractivity contribution in [1.82, 2.24) is 20.8 Å². The molecule has 2 amide bonds. The number of carboxylic acids is 1. The summed E-state index contributed by atoms with van der Waals surface area (Å²) in [5.74, 6) is -1.70. The van der Waals surface area contributed by atoms with Gasteiger partial charge in [0, 0.05) is 54.2 Å². The second kappa shape index (κ2) is 17.9. The zero-order chi connectivity index (χ0) is 38.0.